The molecule has 3 aromatic rings. The van der Waals surface area contributed by atoms with Gasteiger partial charge in [-0.25, -0.2) is 4.98 Å². The molecule has 0 bridgehead atoms. The number of nitrogens with one attached hydrogen (secondary N) is 1. The van der Waals surface area contributed by atoms with Gasteiger partial charge < -0.3 is 15.1 Å². The summed E-state index contributed by atoms with van der Waals surface area (Å²) in [7, 11) is 1.96. The molecule has 3 heterocycles. The summed E-state index contributed by atoms with van der Waals surface area (Å²) in [6, 6.07) is 20.4. The van der Waals surface area contributed by atoms with Crippen molar-refractivity contribution >= 4 is 23.0 Å². The van der Waals surface area contributed by atoms with Crippen LogP contribution in [0.4, 0.5) is 30.2 Å². The van der Waals surface area contributed by atoms with Crippen LogP contribution >= 0.6 is 0 Å². The van der Waals surface area contributed by atoms with Crippen molar-refractivity contribution in [1.29, 1.82) is 5.26 Å². The van der Waals surface area contributed by atoms with Gasteiger partial charge in [0.25, 0.3) is 0 Å². The van der Waals surface area contributed by atoms with Crippen LogP contribution in [0.15, 0.2) is 60.7 Å². The SMILES string of the molecule is CN1c2ccccc2[C@@H]2C[C@@H](NC(=O)C(F)(F)F)CCN2c2ccc(-c3cccc(C#N)n3)cc21. The predicted molar refractivity (Wildman–Crippen MR) is 126 cm³/mol. The smallest absolute Gasteiger partial charge is 0.363 e. The van der Waals surface area contributed by atoms with Crippen LogP contribution in [0.3, 0.4) is 0 Å². The molecule has 1 saturated heterocycles. The van der Waals surface area contributed by atoms with Gasteiger partial charge in [0, 0.05) is 30.9 Å². The first-order chi connectivity index (χ1) is 16.8. The summed E-state index contributed by atoms with van der Waals surface area (Å²) in [5.74, 6) is -1.90. The van der Waals surface area contributed by atoms with Gasteiger partial charge in [-0.05, 0) is 48.7 Å². The van der Waals surface area contributed by atoms with Gasteiger partial charge in [-0.1, -0.05) is 30.3 Å². The van der Waals surface area contributed by atoms with Crippen molar-refractivity contribution in [3.05, 3.63) is 71.9 Å². The number of hydrogen-bond donors (Lipinski definition) is 1. The van der Waals surface area contributed by atoms with E-state index in [4.69, 9.17) is 0 Å². The molecule has 0 saturated carbocycles. The molecule has 1 N–H and O–H groups in total. The summed E-state index contributed by atoms with van der Waals surface area (Å²) < 4.78 is 38.6. The van der Waals surface area contributed by atoms with Crippen molar-refractivity contribution in [3.63, 3.8) is 0 Å². The second-order valence-electron chi connectivity index (χ2n) is 8.74. The summed E-state index contributed by atoms with van der Waals surface area (Å²) in [4.78, 5) is 20.3. The topological polar surface area (TPSA) is 72.3 Å². The number of aromatic nitrogens is 1. The van der Waals surface area contributed by atoms with E-state index in [1.54, 1.807) is 12.1 Å². The van der Waals surface area contributed by atoms with Gasteiger partial charge in [-0.15, -0.1) is 0 Å². The minimum absolute atomic E-state index is 0.201. The highest BCUT2D eigenvalue weighted by atomic mass is 19.4. The molecule has 6 nitrogen and oxygen atoms in total. The molecule has 1 amide bonds. The van der Waals surface area contributed by atoms with Crippen molar-refractivity contribution in [2.24, 2.45) is 0 Å². The van der Waals surface area contributed by atoms with Gasteiger partial charge >= 0.3 is 12.1 Å². The van der Waals surface area contributed by atoms with Crippen LogP contribution in [0.25, 0.3) is 11.3 Å². The Balaban J connectivity index is 1.56. The lowest BCUT2D eigenvalue weighted by Crippen LogP contribution is -2.49. The zero-order valence-electron chi connectivity index (χ0n) is 18.9. The molecule has 5 rings (SSSR count). The number of para-hydroxylation sites is 1. The Morgan fingerprint density at radius 2 is 1.89 bits per heavy atom. The first kappa shape index (κ1) is 22.7. The molecular weight excluding hydrogens is 455 g/mol. The molecule has 1 fully saturated rings. The summed E-state index contributed by atoms with van der Waals surface area (Å²) >= 11 is 0. The minimum atomic E-state index is -4.90. The maximum atomic E-state index is 12.9. The number of nitrogens with zero attached hydrogens (tertiary/aromatic N) is 4. The Morgan fingerprint density at radius 1 is 1.09 bits per heavy atom. The van der Waals surface area contributed by atoms with E-state index < -0.39 is 18.1 Å². The molecule has 178 valence electrons. The van der Waals surface area contributed by atoms with E-state index in [1.165, 1.54) is 0 Å². The fourth-order valence-electron chi connectivity index (χ4n) is 5.00. The van der Waals surface area contributed by atoms with Crippen LogP contribution in [0.2, 0.25) is 0 Å². The lowest BCUT2D eigenvalue weighted by molar-refractivity contribution is -0.174. The summed E-state index contributed by atoms with van der Waals surface area (Å²) in [5.41, 5.74) is 5.69. The lowest BCUT2D eigenvalue weighted by atomic mass is 9.90. The number of hydrogen-bond acceptors (Lipinski definition) is 5. The van der Waals surface area contributed by atoms with Crippen LogP contribution in [0.1, 0.15) is 30.1 Å². The molecule has 0 spiro atoms. The zero-order chi connectivity index (χ0) is 24.7. The standard InChI is InChI=1S/C26H22F3N5O/c1-33-21-8-3-2-6-19(21)23-14-17(32-25(35)26(27,28)29)11-12-34(23)22-10-9-16(13-24(22)33)20-7-4-5-18(15-30)31-20/h2-10,13,17,23H,11-12,14H2,1H3,(H,32,35)/t17-,23-/m0/s1. The first-order valence-electron chi connectivity index (χ1n) is 11.2. The number of benzene rings is 2. The third-order valence-corrected chi connectivity index (χ3v) is 6.66. The second kappa shape index (κ2) is 8.62. The van der Waals surface area contributed by atoms with Crippen LogP contribution < -0.4 is 15.1 Å². The molecule has 2 aromatic carbocycles. The Kier molecular flexibility index (Phi) is 5.59. The number of carbonyl (C=O) groups excluding carboxylic acids is 1. The van der Waals surface area contributed by atoms with Crippen LogP contribution in [-0.2, 0) is 4.79 Å². The maximum absolute atomic E-state index is 12.9. The van der Waals surface area contributed by atoms with Crippen LogP contribution in [-0.4, -0.2) is 36.7 Å². The van der Waals surface area contributed by atoms with Crippen molar-refractivity contribution in [1.82, 2.24) is 10.3 Å². The number of amides is 1. The molecule has 1 aromatic heterocycles. The fraction of sp³-hybridized carbons (Fsp3) is 0.269. The Bertz CT molecular complexity index is 1330. The van der Waals surface area contributed by atoms with Crippen molar-refractivity contribution in [2.75, 3.05) is 23.4 Å². The summed E-state index contributed by atoms with van der Waals surface area (Å²) in [6.45, 7) is 0.490. The first-order valence-corrected chi connectivity index (χ1v) is 11.2. The highest BCUT2D eigenvalue weighted by Crippen LogP contribution is 2.48. The second-order valence-corrected chi connectivity index (χ2v) is 8.74. The Labute approximate surface area is 200 Å². The number of pyridine rings is 1. The molecule has 0 unspecified atom stereocenters. The predicted octanol–water partition coefficient (Wildman–Crippen LogP) is 5.09. The highest BCUT2D eigenvalue weighted by Gasteiger charge is 2.42. The monoisotopic (exact) mass is 477 g/mol. The van der Waals surface area contributed by atoms with E-state index in [2.05, 4.69) is 26.2 Å². The lowest BCUT2D eigenvalue weighted by Gasteiger charge is -2.41. The van der Waals surface area contributed by atoms with Gasteiger partial charge in [0.15, 0.2) is 0 Å². The van der Waals surface area contributed by atoms with Gasteiger partial charge in [-0.3, -0.25) is 4.79 Å². The molecule has 2 atom stereocenters. The molecule has 35 heavy (non-hydrogen) atoms. The van der Waals surface area contributed by atoms with E-state index >= 15 is 0 Å². The minimum Gasteiger partial charge on any atom is -0.363 e. The normalized spacial score (nSPS) is 19.1. The van der Waals surface area contributed by atoms with Crippen molar-refractivity contribution < 1.29 is 18.0 Å². The number of halogens is 3. The summed E-state index contributed by atoms with van der Waals surface area (Å²) in [5, 5.41) is 11.4. The number of piperidine rings is 1. The zero-order valence-corrected chi connectivity index (χ0v) is 18.9. The number of alkyl halides is 3. The van der Waals surface area contributed by atoms with Gasteiger partial charge in [0.1, 0.15) is 11.8 Å². The van der Waals surface area contributed by atoms with E-state index in [9.17, 15) is 23.2 Å². The highest BCUT2D eigenvalue weighted by molar-refractivity contribution is 5.85. The van der Waals surface area contributed by atoms with Gasteiger partial charge in [-0.2, -0.15) is 18.4 Å². The van der Waals surface area contributed by atoms with Crippen molar-refractivity contribution in [2.45, 2.75) is 31.1 Å². The van der Waals surface area contributed by atoms with Gasteiger partial charge in [0.05, 0.1) is 23.1 Å². The Morgan fingerprint density at radius 3 is 2.66 bits per heavy atom. The number of anilines is 3. The van der Waals surface area contributed by atoms with E-state index in [1.807, 2.05) is 55.6 Å². The summed E-state index contributed by atoms with van der Waals surface area (Å²) in [6.07, 6.45) is -4.14. The number of carbonyl (C=O) groups is 1. The molecule has 0 radical (unpaired) electrons. The molecule has 0 aliphatic carbocycles. The van der Waals surface area contributed by atoms with E-state index in [-0.39, 0.29) is 6.04 Å². The molecular formula is C26H22F3N5O. The largest absolute Gasteiger partial charge is 0.471 e. The number of nitriles is 1. The third-order valence-electron chi connectivity index (χ3n) is 6.66. The van der Waals surface area contributed by atoms with Crippen LogP contribution in [0, 0.1) is 11.3 Å². The Hall–Kier alpha value is -4.06. The molecule has 9 heteroatoms. The number of fused-ring (bicyclic) bond motifs is 5. The van der Waals surface area contributed by atoms with E-state index in [0.29, 0.717) is 30.8 Å². The molecule has 2 aliphatic rings. The maximum Gasteiger partial charge on any atom is 0.471 e. The fourth-order valence-corrected chi connectivity index (χ4v) is 5.00. The van der Waals surface area contributed by atoms with Crippen molar-refractivity contribution in [3.8, 4) is 17.3 Å². The van der Waals surface area contributed by atoms with Crippen LogP contribution in [0.5, 0.6) is 0 Å². The van der Waals surface area contributed by atoms with E-state index in [0.717, 1.165) is 28.2 Å². The molecule has 2 aliphatic heterocycles. The third kappa shape index (κ3) is 4.16. The average molecular weight is 477 g/mol. The average Bonchev–Trinajstić information content (AvgIpc) is 2.96. The van der Waals surface area contributed by atoms with Gasteiger partial charge in [0.2, 0.25) is 0 Å². The quantitative estimate of drug-likeness (QED) is 0.557. The number of rotatable bonds is 2.